The van der Waals surface area contributed by atoms with Crippen molar-refractivity contribution in [2.45, 2.75) is 25.8 Å². The van der Waals surface area contributed by atoms with Crippen LogP contribution in [0.5, 0.6) is 0 Å². The Hall–Kier alpha value is -1.74. The summed E-state index contributed by atoms with van der Waals surface area (Å²) >= 11 is 1.33. The lowest BCUT2D eigenvalue weighted by atomic mass is 10.1. The largest absolute Gasteiger partial charge is 0.369 e. The number of nitrogens with zero attached hydrogens (tertiary/aromatic N) is 3. The summed E-state index contributed by atoms with van der Waals surface area (Å²) in [6.07, 6.45) is 1.60. The molecule has 0 spiro atoms. The molecule has 0 radical (unpaired) electrons. The molecular weight excluding hydrogens is 280 g/mol. The maximum absolute atomic E-state index is 11.8. The Kier molecular flexibility index (Phi) is 4.85. The van der Waals surface area contributed by atoms with Crippen molar-refractivity contribution >= 4 is 28.4 Å². The number of piperidine rings is 1. The van der Waals surface area contributed by atoms with E-state index in [0.29, 0.717) is 5.13 Å². The van der Waals surface area contributed by atoms with Crippen LogP contribution in [0.25, 0.3) is 0 Å². The highest BCUT2D eigenvalue weighted by Gasteiger charge is 2.21. The van der Waals surface area contributed by atoms with Gasteiger partial charge in [0.25, 0.3) is 0 Å². The molecule has 20 heavy (non-hydrogen) atoms. The van der Waals surface area contributed by atoms with Gasteiger partial charge in [-0.05, 0) is 19.8 Å². The van der Waals surface area contributed by atoms with Gasteiger partial charge in [0, 0.05) is 19.1 Å². The van der Waals surface area contributed by atoms with Crippen LogP contribution in [-0.4, -0.2) is 52.7 Å². The third-order valence-electron chi connectivity index (χ3n) is 3.05. The molecule has 0 unspecified atom stereocenters. The first kappa shape index (κ1) is 14.7. The van der Waals surface area contributed by atoms with Gasteiger partial charge in [0.2, 0.25) is 11.0 Å². The summed E-state index contributed by atoms with van der Waals surface area (Å²) in [5.74, 6) is -0.319. The minimum Gasteiger partial charge on any atom is -0.369 e. The number of likely N-dealkylation sites (tertiary alicyclic amines) is 1. The minimum atomic E-state index is -0.319. The number of urea groups is 1. The molecule has 1 aromatic heterocycles. The summed E-state index contributed by atoms with van der Waals surface area (Å²) in [5.41, 5.74) is 5.15. The van der Waals surface area contributed by atoms with Crippen molar-refractivity contribution in [1.29, 1.82) is 0 Å². The van der Waals surface area contributed by atoms with Crippen LogP contribution in [0.2, 0.25) is 0 Å². The Labute approximate surface area is 120 Å². The second-order valence-corrected chi connectivity index (χ2v) is 5.92. The van der Waals surface area contributed by atoms with Gasteiger partial charge in [-0.1, -0.05) is 11.3 Å². The predicted octanol–water partition coefficient (Wildman–Crippen LogP) is -0.0823. The van der Waals surface area contributed by atoms with Gasteiger partial charge < -0.3 is 11.1 Å². The number of amides is 3. The number of hydrogen-bond acceptors (Lipinski definition) is 6. The van der Waals surface area contributed by atoms with Crippen LogP contribution in [0.15, 0.2) is 0 Å². The molecule has 1 aromatic rings. The SMILES string of the molecule is Cc1nnc(NC(=O)NC2CCN(CC(N)=O)CC2)s1. The maximum atomic E-state index is 11.8. The second kappa shape index (κ2) is 6.62. The number of hydrogen-bond donors (Lipinski definition) is 3. The van der Waals surface area contributed by atoms with Crippen molar-refractivity contribution in [1.82, 2.24) is 20.4 Å². The molecule has 2 heterocycles. The van der Waals surface area contributed by atoms with E-state index in [1.165, 1.54) is 11.3 Å². The number of nitrogens with two attached hydrogens (primary N) is 1. The maximum Gasteiger partial charge on any atom is 0.321 e. The first-order valence-corrected chi connectivity index (χ1v) is 7.23. The van der Waals surface area contributed by atoms with E-state index in [-0.39, 0.29) is 24.5 Å². The molecule has 8 nitrogen and oxygen atoms in total. The predicted molar refractivity (Wildman–Crippen MR) is 75.5 cm³/mol. The third-order valence-corrected chi connectivity index (χ3v) is 3.80. The van der Waals surface area contributed by atoms with Crippen molar-refractivity contribution in [3.63, 3.8) is 0 Å². The molecule has 110 valence electrons. The number of nitrogens with one attached hydrogen (secondary N) is 2. The first-order valence-electron chi connectivity index (χ1n) is 6.41. The number of rotatable bonds is 4. The Morgan fingerprint density at radius 1 is 1.40 bits per heavy atom. The van der Waals surface area contributed by atoms with E-state index in [4.69, 9.17) is 5.73 Å². The van der Waals surface area contributed by atoms with E-state index < -0.39 is 0 Å². The van der Waals surface area contributed by atoms with Crippen LogP contribution in [0.3, 0.4) is 0 Å². The molecule has 0 aromatic carbocycles. The quantitative estimate of drug-likeness (QED) is 0.719. The Morgan fingerprint density at radius 2 is 2.10 bits per heavy atom. The zero-order chi connectivity index (χ0) is 14.5. The third kappa shape index (κ3) is 4.42. The van der Waals surface area contributed by atoms with Crippen LogP contribution in [-0.2, 0) is 4.79 Å². The summed E-state index contributed by atoms with van der Waals surface area (Å²) in [4.78, 5) is 24.6. The van der Waals surface area contributed by atoms with E-state index in [2.05, 4.69) is 20.8 Å². The van der Waals surface area contributed by atoms with E-state index in [1.54, 1.807) is 0 Å². The molecule has 1 fully saturated rings. The van der Waals surface area contributed by atoms with Crippen molar-refractivity contribution in [2.24, 2.45) is 5.73 Å². The standard InChI is InChI=1S/C11H18N6O2S/c1-7-15-16-11(20-7)14-10(19)13-8-2-4-17(5-3-8)6-9(12)18/h8H,2-6H2,1H3,(H2,12,18)(H2,13,14,16,19). The number of carbonyl (C=O) groups excluding carboxylic acids is 2. The van der Waals surface area contributed by atoms with Gasteiger partial charge in [-0.3, -0.25) is 15.0 Å². The second-order valence-electron chi connectivity index (χ2n) is 4.74. The lowest BCUT2D eigenvalue weighted by Gasteiger charge is -2.31. The number of anilines is 1. The highest BCUT2D eigenvalue weighted by atomic mass is 32.1. The molecule has 1 aliphatic heterocycles. The van der Waals surface area contributed by atoms with Crippen molar-refractivity contribution in [2.75, 3.05) is 25.0 Å². The lowest BCUT2D eigenvalue weighted by molar-refractivity contribution is -0.119. The van der Waals surface area contributed by atoms with Crippen LogP contribution in [0.4, 0.5) is 9.93 Å². The van der Waals surface area contributed by atoms with Gasteiger partial charge >= 0.3 is 6.03 Å². The van der Waals surface area contributed by atoms with Gasteiger partial charge in [0.05, 0.1) is 6.54 Å². The molecule has 0 saturated carbocycles. The zero-order valence-electron chi connectivity index (χ0n) is 11.3. The molecule has 0 aliphatic carbocycles. The van der Waals surface area contributed by atoms with Crippen LogP contribution in [0, 0.1) is 6.92 Å². The Balaban J connectivity index is 1.72. The normalized spacial score (nSPS) is 16.9. The summed E-state index contributed by atoms with van der Waals surface area (Å²) in [5, 5.41) is 14.5. The minimum absolute atomic E-state index is 0.105. The van der Waals surface area contributed by atoms with Crippen LogP contribution < -0.4 is 16.4 Å². The van der Waals surface area contributed by atoms with Gasteiger partial charge in [0.1, 0.15) is 5.01 Å². The lowest BCUT2D eigenvalue weighted by Crippen LogP contribution is -2.47. The van der Waals surface area contributed by atoms with Gasteiger partial charge in [-0.2, -0.15) is 0 Å². The van der Waals surface area contributed by atoms with Crippen LogP contribution in [0.1, 0.15) is 17.8 Å². The fraction of sp³-hybridized carbons (Fsp3) is 0.636. The van der Waals surface area contributed by atoms with E-state index in [1.807, 2.05) is 11.8 Å². The van der Waals surface area contributed by atoms with E-state index >= 15 is 0 Å². The molecule has 0 atom stereocenters. The average Bonchev–Trinajstić information content (AvgIpc) is 2.76. The molecule has 9 heteroatoms. The molecule has 3 amide bonds. The van der Waals surface area contributed by atoms with Crippen molar-refractivity contribution in [3.05, 3.63) is 5.01 Å². The molecule has 0 bridgehead atoms. The summed E-state index contributed by atoms with van der Waals surface area (Å²) < 4.78 is 0. The van der Waals surface area contributed by atoms with Gasteiger partial charge in [0.15, 0.2) is 0 Å². The summed E-state index contributed by atoms with van der Waals surface area (Å²) in [6, 6.07) is -0.164. The number of carbonyl (C=O) groups is 2. The molecule has 1 aliphatic rings. The zero-order valence-corrected chi connectivity index (χ0v) is 12.1. The molecule has 1 saturated heterocycles. The monoisotopic (exact) mass is 298 g/mol. The van der Waals surface area contributed by atoms with Crippen LogP contribution >= 0.6 is 11.3 Å². The summed E-state index contributed by atoms with van der Waals surface area (Å²) in [7, 11) is 0. The molecule has 2 rings (SSSR count). The first-order chi connectivity index (χ1) is 9.52. The highest BCUT2D eigenvalue weighted by Crippen LogP contribution is 2.14. The highest BCUT2D eigenvalue weighted by molar-refractivity contribution is 7.15. The topological polar surface area (TPSA) is 113 Å². The van der Waals surface area contributed by atoms with Crippen molar-refractivity contribution in [3.8, 4) is 0 Å². The summed E-state index contributed by atoms with van der Waals surface area (Å²) in [6.45, 7) is 3.62. The van der Waals surface area contributed by atoms with E-state index in [9.17, 15) is 9.59 Å². The molecular formula is C11H18N6O2S. The fourth-order valence-electron chi connectivity index (χ4n) is 2.12. The van der Waals surface area contributed by atoms with E-state index in [0.717, 1.165) is 30.9 Å². The molecule has 4 N–H and O–H groups in total. The Morgan fingerprint density at radius 3 is 2.65 bits per heavy atom. The number of aryl methyl sites for hydroxylation is 1. The Bertz CT molecular complexity index is 483. The fourth-order valence-corrected chi connectivity index (χ4v) is 2.71. The smallest absolute Gasteiger partial charge is 0.321 e. The number of primary amides is 1. The number of aromatic nitrogens is 2. The van der Waals surface area contributed by atoms with Gasteiger partial charge in [-0.15, -0.1) is 10.2 Å². The van der Waals surface area contributed by atoms with Crippen molar-refractivity contribution < 1.29 is 9.59 Å². The average molecular weight is 298 g/mol. The van der Waals surface area contributed by atoms with Gasteiger partial charge in [-0.25, -0.2) is 4.79 Å².